The van der Waals surface area contributed by atoms with Crippen molar-refractivity contribution in [1.29, 1.82) is 0 Å². The predicted octanol–water partition coefficient (Wildman–Crippen LogP) is 3.41. The van der Waals surface area contributed by atoms with E-state index in [-0.39, 0.29) is 12.1 Å². The third kappa shape index (κ3) is 3.35. The molecule has 0 saturated heterocycles. The molecule has 0 spiro atoms. The lowest BCUT2D eigenvalue weighted by Crippen LogP contribution is -2.28. The summed E-state index contributed by atoms with van der Waals surface area (Å²) in [5.41, 5.74) is 3.45. The van der Waals surface area contributed by atoms with Gasteiger partial charge >= 0.3 is 0 Å². The van der Waals surface area contributed by atoms with Gasteiger partial charge in [0.1, 0.15) is 0 Å². The first-order chi connectivity index (χ1) is 14.2. The molecule has 1 aliphatic heterocycles. The van der Waals surface area contributed by atoms with E-state index in [4.69, 9.17) is 14.2 Å². The molecule has 152 valence electrons. The Bertz CT molecular complexity index is 986. The maximum absolute atomic E-state index is 5.72. The van der Waals surface area contributed by atoms with Gasteiger partial charge in [-0.3, -0.25) is 0 Å². The second kappa shape index (κ2) is 7.98. The molecule has 4 rings (SSSR count). The Balaban J connectivity index is 1.77. The first-order valence-electron chi connectivity index (χ1n) is 9.62. The molecule has 0 saturated carbocycles. The van der Waals surface area contributed by atoms with Crippen LogP contribution in [0.25, 0.3) is 0 Å². The highest BCUT2D eigenvalue weighted by atomic mass is 16.5. The third-order valence-electron chi connectivity index (χ3n) is 5.43. The van der Waals surface area contributed by atoms with Crippen LogP contribution >= 0.6 is 0 Å². The quantitative estimate of drug-likeness (QED) is 0.685. The van der Waals surface area contributed by atoms with Gasteiger partial charge in [-0.25, -0.2) is 4.68 Å². The number of ether oxygens (including phenoxy) is 3. The van der Waals surface area contributed by atoms with Crippen molar-refractivity contribution < 1.29 is 14.2 Å². The average Bonchev–Trinajstić information content (AvgIpc) is 3.26. The second-order valence-corrected chi connectivity index (χ2v) is 6.91. The minimum Gasteiger partial charge on any atom is -0.493 e. The minimum atomic E-state index is -0.119. The van der Waals surface area contributed by atoms with Gasteiger partial charge in [0.15, 0.2) is 11.5 Å². The van der Waals surface area contributed by atoms with Crippen molar-refractivity contribution in [3.05, 3.63) is 53.1 Å². The number of aromatic nitrogens is 4. The van der Waals surface area contributed by atoms with Crippen LogP contribution in [0.4, 0.5) is 5.95 Å². The van der Waals surface area contributed by atoms with Crippen molar-refractivity contribution in [1.82, 2.24) is 20.2 Å². The third-order valence-corrected chi connectivity index (χ3v) is 5.43. The Hall–Kier alpha value is -3.29. The lowest BCUT2D eigenvalue weighted by atomic mass is 9.92. The van der Waals surface area contributed by atoms with Crippen LogP contribution in [-0.4, -0.2) is 41.5 Å². The zero-order valence-electron chi connectivity index (χ0n) is 17.0. The summed E-state index contributed by atoms with van der Waals surface area (Å²) in [7, 11) is 4.84. The molecule has 29 heavy (non-hydrogen) atoms. The van der Waals surface area contributed by atoms with Gasteiger partial charge in [0.05, 0.1) is 33.4 Å². The number of hydrogen-bond acceptors (Lipinski definition) is 7. The molecular formula is C21H25N5O3. The molecule has 2 unspecified atom stereocenters. The van der Waals surface area contributed by atoms with E-state index < -0.39 is 0 Å². The maximum Gasteiger partial charge on any atom is 0.243 e. The van der Waals surface area contributed by atoms with Crippen LogP contribution in [0.1, 0.15) is 42.1 Å². The largest absolute Gasteiger partial charge is 0.493 e. The van der Waals surface area contributed by atoms with Crippen molar-refractivity contribution in [2.24, 2.45) is 0 Å². The Morgan fingerprint density at radius 3 is 2.41 bits per heavy atom. The minimum absolute atomic E-state index is 0.0715. The zero-order chi connectivity index (χ0) is 20.4. The van der Waals surface area contributed by atoms with E-state index >= 15 is 0 Å². The molecule has 1 aliphatic rings. The van der Waals surface area contributed by atoms with Crippen molar-refractivity contribution in [2.75, 3.05) is 26.6 Å². The first kappa shape index (κ1) is 19.0. The summed E-state index contributed by atoms with van der Waals surface area (Å²) in [6.07, 6.45) is 1.78. The zero-order valence-corrected chi connectivity index (χ0v) is 17.0. The number of benzene rings is 2. The van der Waals surface area contributed by atoms with Crippen LogP contribution in [0.2, 0.25) is 0 Å². The average molecular weight is 395 g/mol. The smallest absolute Gasteiger partial charge is 0.243 e. The van der Waals surface area contributed by atoms with Gasteiger partial charge in [0, 0.05) is 5.56 Å². The molecule has 1 aromatic heterocycles. The molecule has 1 N–H and O–H groups in total. The molecular weight excluding hydrogens is 370 g/mol. The molecule has 0 amide bonds. The summed E-state index contributed by atoms with van der Waals surface area (Å²) in [5.74, 6) is 2.43. The number of nitrogens with one attached hydrogen (secondary N) is 1. The Morgan fingerprint density at radius 2 is 1.76 bits per heavy atom. The molecule has 0 radical (unpaired) electrons. The SMILES string of the molecule is CCc1ccc(C2CC(c3ccc(OC)c(OC)c3OC)n3nnnc3N2)cc1. The van der Waals surface area contributed by atoms with Gasteiger partial charge in [-0.15, -0.1) is 0 Å². The summed E-state index contributed by atoms with van der Waals surface area (Å²) in [6.45, 7) is 2.15. The summed E-state index contributed by atoms with van der Waals surface area (Å²) in [4.78, 5) is 0. The van der Waals surface area contributed by atoms with E-state index in [1.54, 1.807) is 26.0 Å². The Morgan fingerprint density at radius 1 is 1.00 bits per heavy atom. The van der Waals surface area contributed by atoms with E-state index in [2.05, 4.69) is 52.0 Å². The van der Waals surface area contributed by atoms with Crippen LogP contribution in [0.3, 0.4) is 0 Å². The maximum atomic E-state index is 5.72. The molecule has 0 fully saturated rings. The number of rotatable bonds is 6. The Kier molecular flexibility index (Phi) is 5.24. The lowest BCUT2D eigenvalue weighted by molar-refractivity contribution is 0.315. The monoisotopic (exact) mass is 395 g/mol. The normalized spacial score (nSPS) is 17.9. The topological polar surface area (TPSA) is 83.3 Å². The molecule has 8 nitrogen and oxygen atoms in total. The van der Waals surface area contributed by atoms with Gasteiger partial charge in [-0.05, 0) is 46.5 Å². The van der Waals surface area contributed by atoms with Crippen molar-refractivity contribution in [2.45, 2.75) is 31.8 Å². The highest BCUT2D eigenvalue weighted by Crippen LogP contribution is 2.46. The summed E-state index contributed by atoms with van der Waals surface area (Å²) < 4.78 is 18.5. The predicted molar refractivity (Wildman–Crippen MR) is 109 cm³/mol. The number of methoxy groups -OCH3 is 3. The lowest BCUT2D eigenvalue weighted by Gasteiger charge is -2.32. The summed E-state index contributed by atoms with van der Waals surface area (Å²) in [5, 5.41) is 15.7. The fourth-order valence-electron chi connectivity index (χ4n) is 3.89. The van der Waals surface area contributed by atoms with Crippen LogP contribution < -0.4 is 19.5 Å². The number of tetrazole rings is 1. The van der Waals surface area contributed by atoms with Crippen LogP contribution in [0.5, 0.6) is 17.2 Å². The van der Waals surface area contributed by atoms with Gasteiger partial charge < -0.3 is 19.5 Å². The molecule has 2 aromatic carbocycles. The van der Waals surface area contributed by atoms with Gasteiger partial charge in [-0.1, -0.05) is 36.3 Å². The number of fused-ring (bicyclic) bond motifs is 1. The van der Waals surface area contributed by atoms with Crippen molar-refractivity contribution in [3.8, 4) is 17.2 Å². The van der Waals surface area contributed by atoms with E-state index in [1.807, 2.05) is 12.1 Å². The van der Waals surface area contributed by atoms with Crippen LogP contribution in [0.15, 0.2) is 36.4 Å². The number of hydrogen-bond donors (Lipinski definition) is 1. The fourth-order valence-corrected chi connectivity index (χ4v) is 3.89. The Labute approximate surface area is 169 Å². The molecule has 0 aliphatic carbocycles. The van der Waals surface area contributed by atoms with Crippen LogP contribution in [-0.2, 0) is 6.42 Å². The van der Waals surface area contributed by atoms with Gasteiger partial charge in [0.25, 0.3) is 0 Å². The van der Waals surface area contributed by atoms with Gasteiger partial charge in [0.2, 0.25) is 11.7 Å². The number of aryl methyl sites for hydroxylation is 1. The second-order valence-electron chi connectivity index (χ2n) is 6.91. The summed E-state index contributed by atoms with van der Waals surface area (Å²) >= 11 is 0. The first-order valence-corrected chi connectivity index (χ1v) is 9.62. The molecule has 2 heterocycles. The van der Waals surface area contributed by atoms with Crippen molar-refractivity contribution in [3.63, 3.8) is 0 Å². The van der Waals surface area contributed by atoms with Gasteiger partial charge in [-0.2, -0.15) is 0 Å². The van der Waals surface area contributed by atoms with E-state index in [9.17, 15) is 0 Å². The standard InChI is InChI=1S/C21H25N5O3/c1-5-13-6-8-14(9-7-13)16-12-17(26-21(22-16)23-24-25-26)15-10-11-18(27-2)20(29-4)19(15)28-3/h6-11,16-17H,5,12H2,1-4H3,(H,22,23,25). The van der Waals surface area contributed by atoms with E-state index in [1.165, 1.54) is 11.1 Å². The fraction of sp³-hybridized carbons (Fsp3) is 0.381. The molecule has 3 aromatic rings. The highest BCUT2D eigenvalue weighted by molar-refractivity contribution is 5.57. The van der Waals surface area contributed by atoms with E-state index in [0.29, 0.717) is 23.2 Å². The summed E-state index contributed by atoms with van der Waals surface area (Å²) in [6, 6.07) is 12.5. The molecule has 2 atom stereocenters. The number of nitrogens with zero attached hydrogens (tertiary/aromatic N) is 4. The highest BCUT2D eigenvalue weighted by Gasteiger charge is 2.33. The molecule has 8 heteroatoms. The molecule has 0 bridgehead atoms. The van der Waals surface area contributed by atoms with Crippen LogP contribution in [0, 0.1) is 0 Å². The number of anilines is 1. The van der Waals surface area contributed by atoms with Crippen molar-refractivity contribution >= 4 is 5.95 Å². The van der Waals surface area contributed by atoms with E-state index in [0.717, 1.165) is 18.4 Å².